The molecule has 9 heteroatoms. The van der Waals surface area contributed by atoms with Gasteiger partial charge in [0.2, 0.25) is 5.78 Å². The van der Waals surface area contributed by atoms with Crippen molar-refractivity contribution in [2.24, 2.45) is 22.7 Å². The van der Waals surface area contributed by atoms with Gasteiger partial charge in [-0.3, -0.25) is 19.2 Å². The van der Waals surface area contributed by atoms with Gasteiger partial charge >= 0.3 is 11.9 Å². The third-order valence-corrected chi connectivity index (χ3v) is 9.22. The number of ketones is 2. The maximum absolute atomic E-state index is 17.3. The molecule has 1 N–H and O–H groups in total. The quantitative estimate of drug-likeness (QED) is 0.544. The Morgan fingerprint density at radius 2 is 2.00 bits per heavy atom. The van der Waals surface area contributed by atoms with E-state index in [2.05, 4.69) is 0 Å². The van der Waals surface area contributed by atoms with Crippen molar-refractivity contribution in [2.75, 3.05) is 6.61 Å². The zero-order valence-electron chi connectivity index (χ0n) is 23.6. The molecule has 8 atom stereocenters. The third-order valence-electron chi connectivity index (χ3n) is 9.22. The van der Waals surface area contributed by atoms with E-state index in [1.165, 1.54) is 13.0 Å². The van der Waals surface area contributed by atoms with Crippen molar-refractivity contribution in [1.82, 2.24) is 0 Å². The van der Waals surface area contributed by atoms with Gasteiger partial charge in [0.25, 0.3) is 0 Å². The molecule has 0 aromatic heterocycles. The molecule has 0 bridgehead atoms. The molecular formula is C27H34F2O7. The fraction of sp³-hybridized carbons (Fsp3) is 0.704. The molecule has 0 unspecified atom stereocenters. The Morgan fingerprint density at radius 1 is 1.28 bits per heavy atom. The molecule has 0 amide bonds. The minimum Gasteiger partial charge on any atom is -0.458 e. The fourth-order valence-electron chi connectivity index (χ4n) is 7.51. The Morgan fingerprint density at radius 3 is 2.67 bits per heavy atom. The van der Waals surface area contributed by atoms with Gasteiger partial charge in [-0.25, -0.2) is 8.78 Å². The van der Waals surface area contributed by atoms with Crippen LogP contribution >= 0.6 is 0 Å². The highest BCUT2D eigenvalue weighted by Crippen LogP contribution is 2.70. The number of hydrogen-bond donors (Lipinski definition) is 1. The number of aliphatic hydroxyl groups excluding tert-OH is 1. The minimum absolute atomic E-state index is 0.0392. The van der Waals surface area contributed by atoms with Crippen molar-refractivity contribution >= 4 is 23.5 Å². The predicted octanol–water partition coefficient (Wildman–Crippen LogP) is 3.52. The summed E-state index contributed by atoms with van der Waals surface area (Å²) in [7, 11) is 0. The molecule has 3 saturated carbocycles. The molecule has 0 aromatic rings. The van der Waals surface area contributed by atoms with Crippen molar-refractivity contribution in [1.29, 1.82) is 0 Å². The van der Waals surface area contributed by atoms with Gasteiger partial charge < -0.3 is 14.6 Å². The van der Waals surface area contributed by atoms with E-state index in [1.807, 2.05) is 0 Å². The highest BCUT2D eigenvalue weighted by atomic mass is 19.1. The SMILES string of the molecule is [2H]C([2H])([2H])CCC(=O)O[C@]1(C(=O)COC(C)=O)CC[C@H]2[C@@H]3C[C@H](F)C4=CC(=O)C=C[C@]4(C)[C@@]3(F)[C@@H](O)C[C@@]21C. The van der Waals surface area contributed by atoms with E-state index in [4.69, 9.17) is 13.6 Å². The Balaban J connectivity index is 1.76. The highest BCUT2D eigenvalue weighted by molar-refractivity contribution is 6.01. The van der Waals surface area contributed by atoms with Gasteiger partial charge in [-0.1, -0.05) is 19.9 Å². The molecule has 0 heterocycles. The lowest BCUT2D eigenvalue weighted by Crippen LogP contribution is -2.70. The standard InChI is InChI=1S/C27H34F2O7/c1-5-6-23(34)36-26(22(33)14-35-15(2)30)10-8-17-18-12-20(28)19-11-16(31)7-9-24(19,3)27(18,29)21(32)13-25(17,26)4/h7,9,11,17-18,20-21,32H,5-6,8,10,12-14H2,1-4H3/t17-,18-,20-,21-,24-,25-,26-,27-/m0/s1/i1D3. The second-order valence-electron chi connectivity index (χ2n) is 10.9. The van der Waals surface area contributed by atoms with Crippen LogP contribution in [0.1, 0.15) is 70.3 Å². The Bertz CT molecular complexity index is 1150. The molecular weight excluding hydrogens is 474 g/mol. The van der Waals surface area contributed by atoms with Gasteiger partial charge in [-0.05, 0) is 62.7 Å². The van der Waals surface area contributed by atoms with Crippen molar-refractivity contribution in [2.45, 2.75) is 89.7 Å². The molecule has 198 valence electrons. The summed E-state index contributed by atoms with van der Waals surface area (Å²) in [4.78, 5) is 50.0. The molecule has 7 nitrogen and oxygen atoms in total. The number of esters is 2. The number of halogens is 2. The molecule has 4 rings (SSSR count). The Kier molecular flexibility index (Phi) is 5.60. The summed E-state index contributed by atoms with van der Waals surface area (Å²) in [5, 5.41) is 11.5. The average molecular weight is 512 g/mol. The lowest BCUT2D eigenvalue weighted by molar-refractivity contribution is -0.229. The van der Waals surface area contributed by atoms with Crippen LogP contribution in [0.25, 0.3) is 0 Å². The number of rotatable bonds is 6. The molecule has 4 aliphatic rings. The first-order chi connectivity index (χ1) is 17.9. The molecule has 0 saturated heterocycles. The normalized spacial score (nSPS) is 44.7. The molecule has 0 spiro atoms. The Hall–Kier alpha value is -2.42. The minimum atomic E-state index is -2.42. The first-order valence-electron chi connectivity index (χ1n) is 13.8. The second kappa shape index (κ2) is 8.85. The summed E-state index contributed by atoms with van der Waals surface area (Å²) in [5.41, 5.74) is -7.38. The maximum Gasteiger partial charge on any atom is 0.306 e. The van der Waals surface area contributed by atoms with Gasteiger partial charge in [0.05, 0.1) is 6.10 Å². The number of alkyl halides is 2. The lowest BCUT2D eigenvalue weighted by Gasteiger charge is -2.63. The Labute approximate surface area is 213 Å². The number of carbonyl (C=O) groups excluding carboxylic acids is 4. The van der Waals surface area contributed by atoms with Crippen LogP contribution in [0.4, 0.5) is 8.78 Å². The molecule has 0 aliphatic heterocycles. The van der Waals surface area contributed by atoms with Crippen LogP contribution in [0.3, 0.4) is 0 Å². The third kappa shape index (κ3) is 3.52. The van der Waals surface area contributed by atoms with Crippen molar-refractivity contribution in [3.8, 4) is 0 Å². The van der Waals surface area contributed by atoms with Gasteiger partial charge in [-0.2, -0.15) is 0 Å². The highest BCUT2D eigenvalue weighted by Gasteiger charge is 2.76. The number of hydrogen-bond acceptors (Lipinski definition) is 7. The summed E-state index contributed by atoms with van der Waals surface area (Å²) >= 11 is 0. The number of Topliss-reactive ketones (excluding diaryl/α,β-unsaturated/α-hetero) is 1. The topological polar surface area (TPSA) is 107 Å². The van der Waals surface area contributed by atoms with Gasteiger partial charge in [0.15, 0.2) is 23.7 Å². The summed E-state index contributed by atoms with van der Waals surface area (Å²) in [6.45, 7) is 0.971. The number of aliphatic hydroxyl groups is 1. The summed E-state index contributed by atoms with van der Waals surface area (Å²) < 4.78 is 65.7. The van der Waals surface area contributed by atoms with Crippen molar-refractivity contribution in [3.63, 3.8) is 0 Å². The molecule has 4 aliphatic carbocycles. The van der Waals surface area contributed by atoms with E-state index in [1.54, 1.807) is 6.92 Å². The van der Waals surface area contributed by atoms with Gasteiger partial charge in [-0.15, -0.1) is 0 Å². The molecule has 3 fully saturated rings. The van der Waals surface area contributed by atoms with Crippen LogP contribution in [-0.4, -0.2) is 58.8 Å². The van der Waals surface area contributed by atoms with E-state index in [-0.39, 0.29) is 31.3 Å². The van der Waals surface area contributed by atoms with Crippen molar-refractivity contribution < 1.29 is 46.7 Å². The number of fused-ring (bicyclic) bond motifs is 5. The van der Waals surface area contributed by atoms with Crippen LogP contribution in [0.2, 0.25) is 0 Å². The second-order valence-corrected chi connectivity index (χ2v) is 10.9. The lowest BCUT2D eigenvalue weighted by atomic mass is 9.44. The van der Waals surface area contributed by atoms with Crippen LogP contribution in [-0.2, 0) is 28.7 Å². The fourth-order valence-corrected chi connectivity index (χ4v) is 7.51. The summed E-state index contributed by atoms with van der Waals surface area (Å²) in [6.07, 6.45) is -1.53. The zero-order valence-corrected chi connectivity index (χ0v) is 20.6. The van der Waals surface area contributed by atoms with E-state index >= 15 is 8.78 Å². The number of ether oxygens (including phenoxy) is 2. The van der Waals surface area contributed by atoms with Gasteiger partial charge in [0.1, 0.15) is 6.17 Å². The monoisotopic (exact) mass is 511 g/mol. The average Bonchev–Trinajstić information content (AvgIpc) is 3.11. The van der Waals surface area contributed by atoms with Crippen LogP contribution in [0.15, 0.2) is 23.8 Å². The smallest absolute Gasteiger partial charge is 0.306 e. The van der Waals surface area contributed by atoms with Crippen molar-refractivity contribution in [3.05, 3.63) is 23.8 Å². The zero-order chi connectivity index (χ0) is 29.2. The van der Waals surface area contributed by atoms with E-state index in [0.29, 0.717) is 0 Å². The van der Waals surface area contributed by atoms with E-state index < -0.39 is 96.0 Å². The summed E-state index contributed by atoms with van der Waals surface area (Å²) in [5.74, 6) is -4.80. The number of allylic oxidation sites excluding steroid dienone is 4. The molecule has 0 aromatic carbocycles. The largest absolute Gasteiger partial charge is 0.458 e. The molecule has 36 heavy (non-hydrogen) atoms. The van der Waals surface area contributed by atoms with Gasteiger partial charge in [0, 0.05) is 34.2 Å². The predicted molar refractivity (Wildman–Crippen MR) is 124 cm³/mol. The first kappa shape index (κ1) is 22.8. The van der Waals surface area contributed by atoms with E-state index in [0.717, 1.165) is 19.1 Å². The first-order valence-corrected chi connectivity index (χ1v) is 12.3. The van der Waals surface area contributed by atoms with Crippen LogP contribution in [0, 0.1) is 22.7 Å². The molecule has 0 radical (unpaired) electrons. The van der Waals surface area contributed by atoms with E-state index in [9.17, 15) is 24.3 Å². The maximum atomic E-state index is 17.3. The van der Waals surface area contributed by atoms with Crippen LogP contribution in [0.5, 0.6) is 0 Å². The summed E-state index contributed by atoms with van der Waals surface area (Å²) in [6, 6.07) is 0. The number of carbonyl (C=O) groups is 4. The van der Waals surface area contributed by atoms with Crippen LogP contribution < -0.4 is 0 Å².